The van der Waals surface area contributed by atoms with Crippen molar-refractivity contribution in [2.24, 2.45) is 0 Å². The van der Waals surface area contributed by atoms with E-state index in [9.17, 15) is 5.11 Å². The number of aryl methyl sites for hydroxylation is 1. The van der Waals surface area contributed by atoms with Gasteiger partial charge in [0.05, 0.1) is 11.0 Å². The third-order valence-electron chi connectivity index (χ3n) is 2.15. The second kappa shape index (κ2) is 2.85. The summed E-state index contributed by atoms with van der Waals surface area (Å²) in [7, 11) is 0. The molecule has 2 aromatic rings. The van der Waals surface area contributed by atoms with Crippen LogP contribution in [-0.2, 0) is 0 Å². The molecule has 1 unspecified atom stereocenters. The molecule has 0 spiro atoms. The third kappa shape index (κ3) is 1.21. The Balaban J connectivity index is 2.78. The highest BCUT2D eigenvalue weighted by Crippen LogP contribution is 2.18. The first-order chi connectivity index (χ1) is 6.20. The van der Waals surface area contributed by atoms with Gasteiger partial charge in [-0.05, 0) is 26.0 Å². The summed E-state index contributed by atoms with van der Waals surface area (Å²) < 4.78 is 1.81. The van der Waals surface area contributed by atoms with Crippen LogP contribution < -0.4 is 0 Å². The molecular formula is C10H12N2O. The lowest BCUT2D eigenvalue weighted by Crippen LogP contribution is -2.05. The SMILES string of the molecule is Cc1nc2ccccc2n1C(C)O. The van der Waals surface area contributed by atoms with Crippen LogP contribution in [0.5, 0.6) is 0 Å². The largest absolute Gasteiger partial charge is 0.374 e. The van der Waals surface area contributed by atoms with E-state index in [1.807, 2.05) is 35.8 Å². The van der Waals surface area contributed by atoms with E-state index in [0.29, 0.717) is 0 Å². The highest BCUT2D eigenvalue weighted by atomic mass is 16.3. The standard InChI is InChI=1S/C10H12N2O/c1-7-11-9-5-3-4-6-10(9)12(7)8(2)13/h3-6,8,13H,1-2H3. The maximum absolute atomic E-state index is 9.51. The number of imidazole rings is 1. The van der Waals surface area contributed by atoms with Gasteiger partial charge < -0.3 is 9.67 Å². The number of benzene rings is 1. The zero-order valence-corrected chi connectivity index (χ0v) is 7.73. The van der Waals surface area contributed by atoms with Crippen molar-refractivity contribution in [3.05, 3.63) is 30.1 Å². The van der Waals surface area contributed by atoms with Crippen LogP contribution in [-0.4, -0.2) is 14.7 Å². The normalized spacial score (nSPS) is 13.5. The molecule has 68 valence electrons. The number of aliphatic hydroxyl groups is 1. The molecule has 0 aliphatic heterocycles. The lowest BCUT2D eigenvalue weighted by atomic mass is 10.3. The summed E-state index contributed by atoms with van der Waals surface area (Å²) in [4.78, 5) is 4.34. The molecule has 3 heteroatoms. The predicted octanol–water partition coefficient (Wildman–Crippen LogP) is 1.86. The number of fused-ring (bicyclic) bond motifs is 1. The zero-order valence-electron chi connectivity index (χ0n) is 7.73. The first-order valence-corrected chi connectivity index (χ1v) is 4.32. The molecule has 1 aromatic heterocycles. The summed E-state index contributed by atoms with van der Waals surface area (Å²) in [5.41, 5.74) is 1.91. The number of aromatic nitrogens is 2. The number of aliphatic hydroxyl groups excluding tert-OH is 1. The van der Waals surface area contributed by atoms with Gasteiger partial charge in [-0.3, -0.25) is 0 Å². The van der Waals surface area contributed by atoms with E-state index in [4.69, 9.17) is 0 Å². The maximum Gasteiger partial charge on any atom is 0.129 e. The number of rotatable bonds is 1. The maximum atomic E-state index is 9.51. The average Bonchev–Trinajstić information content (AvgIpc) is 2.39. The summed E-state index contributed by atoms with van der Waals surface area (Å²) in [6.07, 6.45) is -0.521. The molecule has 1 N–H and O–H groups in total. The van der Waals surface area contributed by atoms with Crippen molar-refractivity contribution in [2.75, 3.05) is 0 Å². The van der Waals surface area contributed by atoms with E-state index >= 15 is 0 Å². The predicted molar refractivity (Wildman–Crippen MR) is 51.4 cm³/mol. The van der Waals surface area contributed by atoms with E-state index in [1.165, 1.54) is 0 Å². The van der Waals surface area contributed by atoms with Gasteiger partial charge in [0, 0.05) is 0 Å². The quantitative estimate of drug-likeness (QED) is 0.720. The van der Waals surface area contributed by atoms with Gasteiger partial charge >= 0.3 is 0 Å². The summed E-state index contributed by atoms with van der Waals surface area (Å²) in [6, 6.07) is 7.80. The number of nitrogens with zero attached hydrogens (tertiary/aromatic N) is 2. The summed E-state index contributed by atoms with van der Waals surface area (Å²) in [5.74, 6) is 0.844. The van der Waals surface area contributed by atoms with Gasteiger partial charge in [-0.2, -0.15) is 0 Å². The van der Waals surface area contributed by atoms with Crippen molar-refractivity contribution in [1.82, 2.24) is 9.55 Å². The van der Waals surface area contributed by atoms with Crippen molar-refractivity contribution in [3.63, 3.8) is 0 Å². The molecule has 0 fully saturated rings. The molecule has 1 heterocycles. The molecule has 0 amide bonds. The van der Waals surface area contributed by atoms with Crippen molar-refractivity contribution >= 4 is 11.0 Å². The minimum Gasteiger partial charge on any atom is -0.374 e. The lowest BCUT2D eigenvalue weighted by molar-refractivity contribution is 0.126. The van der Waals surface area contributed by atoms with Gasteiger partial charge in [0.15, 0.2) is 0 Å². The van der Waals surface area contributed by atoms with Crippen LogP contribution in [0.1, 0.15) is 19.0 Å². The Morgan fingerprint density at radius 3 is 2.77 bits per heavy atom. The van der Waals surface area contributed by atoms with Crippen molar-refractivity contribution in [3.8, 4) is 0 Å². The molecular weight excluding hydrogens is 164 g/mol. The molecule has 0 saturated heterocycles. The highest BCUT2D eigenvalue weighted by molar-refractivity contribution is 5.75. The second-order valence-electron chi connectivity index (χ2n) is 3.15. The fourth-order valence-electron chi connectivity index (χ4n) is 1.64. The van der Waals surface area contributed by atoms with Crippen molar-refractivity contribution < 1.29 is 5.11 Å². The van der Waals surface area contributed by atoms with Gasteiger partial charge in [0.1, 0.15) is 12.1 Å². The molecule has 13 heavy (non-hydrogen) atoms. The monoisotopic (exact) mass is 176 g/mol. The fourth-order valence-corrected chi connectivity index (χ4v) is 1.64. The summed E-state index contributed by atoms with van der Waals surface area (Å²) in [5, 5.41) is 9.51. The molecule has 1 aromatic carbocycles. The zero-order chi connectivity index (χ0) is 9.42. The van der Waals surface area contributed by atoms with Crippen LogP contribution in [0.15, 0.2) is 24.3 Å². The average molecular weight is 176 g/mol. The summed E-state index contributed by atoms with van der Waals surface area (Å²) >= 11 is 0. The molecule has 0 bridgehead atoms. The van der Waals surface area contributed by atoms with E-state index in [-0.39, 0.29) is 0 Å². The van der Waals surface area contributed by atoms with Gasteiger partial charge in [-0.1, -0.05) is 12.1 Å². The van der Waals surface area contributed by atoms with Crippen LogP contribution in [0.4, 0.5) is 0 Å². The van der Waals surface area contributed by atoms with Crippen LogP contribution in [0.25, 0.3) is 11.0 Å². The fraction of sp³-hybridized carbons (Fsp3) is 0.300. The van der Waals surface area contributed by atoms with E-state index in [2.05, 4.69) is 4.98 Å². The summed E-state index contributed by atoms with van der Waals surface area (Å²) in [6.45, 7) is 3.63. The molecule has 2 rings (SSSR count). The van der Waals surface area contributed by atoms with Crippen LogP contribution in [0.3, 0.4) is 0 Å². The van der Waals surface area contributed by atoms with Gasteiger partial charge in [0.25, 0.3) is 0 Å². The Labute approximate surface area is 76.6 Å². The Bertz CT molecular complexity index is 431. The molecule has 0 aliphatic carbocycles. The lowest BCUT2D eigenvalue weighted by Gasteiger charge is -2.08. The smallest absolute Gasteiger partial charge is 0.129 e. The Hall–Kier alpha value is -1.35. The molecule has 0 aliphatic rings. The Morgan fingerprint density at radius 1 is 1.38 bits per heavy atom. The van der Waals surface area contributed by atoms with Gasteiger partial charge in [0.2, 0.25) is 0 Å². The van der Waals surface area contributed by atoms with Gasteiger partial charge in [-0.15, -0.1) is 0 Å². The minimum atomic E-state index is -0.521. The van der Waals surface area contributed by atoms with E-state index < -0.39 is 6.23 Å². The minimum absolute atomic E-state index is 0.521. The Morgan fingerprint density at radius 2 is 2.08 bits per heavy atom. The van der Waals surface area contributed by atoms with E-state index in [1.54, 1.807) is 6.92 Å². The molecule has 1 atom stereocenters. The van der Waals surface area contributed by atoms with Crippen LogP contribution in [0, 0.1) is 6.92 Å². The van der Waals surface area contributed by atoms with Crippen LogP contribution >= 0.6 is 0 Å². The van der Waals surface area contributed by atoms with Crippen molar-refractivity contribution in [2.45, 2.75) is 20.1 Å². The Kier molecular flexibility index (Phi) is 1.81. The molecule has 0 radical (unpaired) electrons. The highest BCUT2D eigenvalue weighted by Gasteiger charge is 2.09. The first kappa shape index (κ1) is 8.26. The van der Waals surface area contributed by atoms with Gasteiger partial charge in [-0.25, -0.2) is 4.98 Å². The van der Waals surface area contributed by atoms with E-state index in [0.717, 1.165) is 16.9 Å². The van der Waals surface area contributed by atoms with Crippen LogP contribution in [0.2, 0.25) is 0 Å². The number of para-hydroxylation sites is 2. The number of hydrogen-bond acceptors (Lipinski definition) is 2. The third-order valence-corrected chi connectivity index (χ3v) is 2.15. The number of hydrogen-bond donors (Lipinski definition) is 1. The topological polar surface area (TPSA) is 38.0 Å². The molecule has 3 nitrogen and oxygen atoms in total. The first-order valence-electron chi connectivity index (χ1n) is 4.32. The second-order valence-corrected chi connectivity index (χ2v) is 3.15. The molecule has 0 saturated carbocycles. The van der Waals surface area contributed by atoms with Crippen molar-refractivity contribution in [1.29, 1.82) is 0 Å².